The van der Waals surface area contributed by atoms with Crippen LogP contribution in [0.1, 0.15) is 13.0 Å². The fourth-order valence-electron chi connectivity index (χ4n) is 9.42. The van der Waals surface area contributed by atoms with Gasteiger partial charge < -0.3 is 18.3 Å². The van der Waals surface area contributed by atoms with Gasteiger partial charge in [0.05, 0.1) is 44.1 Å². The molecule has 12 aromatic rings. The zero-order valence-corrected chi connectivity index (χ0v) is 35.0. The first-order valence-corrected chi connectivity index (χ1v) is 20.9. The molecule has 0 spiro atoms. The van der Waals surface area contributed by atoms with Crippen molar-refractivity contribution < 1.29 is 4.39 Å². The number of halogens is 1. The molecule has 0 atom stereocenters. The van der Waals surface area contributed by atoms with E-state index >= 15 is 0 Å². The Morgan fingerprint density at radius 1 is 0.338 bits per heavy atom. The second-order valence-corrected chi connectivity index (χ2v) is 16.3. The quantitative estimate of drug-likeness (QED) is 0.162. The molecular weight excluding hydrogens is 812 g/mol. The van der Waals surface area contributed by atoms with E-state index in [4.69, 9.17) is 0 Å². The van der Waals surface area contributed by atoms with Gasteiger partial charge in [0.25, 0.3) is 0 Å². The van der Waals surface area contributed by atoms with Crippen molar-refractivity contribution >= 4 is 87.2 Å². The van der Waals surface area contributed by atoms with E-state index in [2.05, 4.69) is 9.13 Å². The number of benzene rings is 8. The van der Waals surface area contributed by atoms with Crippen LogP contribution in [0.5, 0.6) is 0 Å². The number of para-hydroxylation sites is 4. The lowest BCUT2D eigenvalue weighted by Gasteiger charge is -2.19. The van der Waals surface area contributed by atoms with Crippen LogP contribution in [0.2, 0.25) is 0 Å². The first kappa shape index (κ1) is 40.6. The predicted molar refractivity (Wildman–Crippen MR) is 266 cm³/mol. The second-order valence-electron chi connectivity index (χ2n) is 16.3. The average molecular weight is 853 g/mol. The zero-order chi connectivity index (χ0) is 44.0. The first-order chi connectivity index (χ1) is 31.1. The number of fused-ring (bicyclic) bond motifs is 8. The van der Waals surface area contributed by atoms with Crippen LogP contribution in [0.25, 0.3) is 98.6 Å². The van der Waals surface area contributed by atoms with Crippen molar-refractivity contribution in [2.45, 2.75) is 14.4 Å². The predicted octanol–water partition coefficient (Wildman–Crippen LogP) is 11.4. The molecule has 0 aliphatic carbocycles. The number of hydrogen-bond donors (Lipinski definition) is 0. The van der Waals surface area contributed by atoms with Crippen molar-refractivity contribution in [1.29, 1.82) is 0 Å². The van der Waals surface area contributed by atoms with Gasteiger partial charge in [0.1, 0.15) is 5.82 Å². The van der Waals surface area contributed by atoms with Gasteiger partial charge in [-0.25, -0.2) is 4.39 Å². The second kappa shape index (κ2) is 15.4. The normalized spacial score (nSPS) is 11.5. The van der Waals surface area contributed by atoms with Crippen molar-refractivity contribution in [3.8, 4) is 11.4 Å². The maximum Gasteiger partial charge on any atom is 0.197 e. The SMILES string of the molecule is C.Cc1ccc2c(=O)c3cc4c(cc3n(C)c2c1)c(=O)c1ccc(F)cc1n4C.O=c1c2ccccc2n(-c2ccccc2)c2cc3c(=O)c4ccccc4n(-c4ccccc4)c3cc12. The van der Waals surface area contributed by atoms with Crippen LogP contribution < -0.4 is 21.7 Å². The largest absolute Gasteiger partial charge is 0.343 e. The van der Waals surface area contributed by atoms with Crippen LogP contribution in [-0.4, -0.2) is 18.3 Å². The number of aryl methyl sites for hydroxylation is 3. The molecular formula is C56H41FN4O4. The Balaban J connectivity index is 0.000000156. The molecule has 12 rings (SSSR count). The lowest BCUT2D eigenvalue weighted by atomic mass is 10.0. The number of hydrogen-bond acceptors (Lipinski definition) is 4. The van der Waals surface area contributed by atoms with E-state index in [1.807, 2.05) is 158 Å². The molecule has 316 valence electrons. The van der Waals surface area contributed by atoms with Gasteiger partial charge in [0, 0.05) is 68.6 Å². The van der Waals surface area contributed by atoms with E-state index in [9.17, 15) is 23.6 Å². The molecule has 0 fully saturated rings. The van der Waals surface area contributed by atoms with Crippen molar-refractivity contribution in [2.75, 3.05) is 0 Å². The summed E-state index contributed by atoms with van der Waals surface area (Å²) >= 11 is 0. The van der Waals surface area contributed by atoms with Crippen LogP contribution in [0, 0.1) is 12.7 Å². The van der Waals surface area contributed by atoms with Gasteiger partial charge in [-0.15, -0.1) is 0 Å². The van der Waals surface area contributed by atoms with E-state index in [0.29, 0.717) is 70.7 Å². The molecule has 0 N–H and O–H groups in total. The molecule has 0 amide bonds. The number of rotatable bonds is 2. The molecule has 0 aliphatic heterocycles. The summed E-state index contributed by atoms with van der Waals surface area (Å²) in [5, 5.41) is 4.57. The van der Waals surface area contributed by atoms with Gasteiger partial charge in [0.2, 0.25) is 0 Å². The third-order valence-corrected chi connectivity index (χ3v) is 12.5. The Hall–Kier alpha value is -8.43. The molecule has 0 saturated heterocycles. The Kier molecular flexibility index (Phi) is 9.64. The minimum absolute atomic E-state index is 0. The van der Waals surface area contributed by atoms with Gasteiger partial charge in [-0.1, -0.05) is 74.2 Å². The summed E-state index contributed by atoms with van der Waals surface area (Å²) in [6.45, 7) is 1.98. The van der Waals surface area contributed by atoms with Gasteiger partial charge in [0.15, 0.2) is 21.7 Å². The van der Waals surface area contributed by atoms with E-state index < -0.39 is 5.82 Å². The molecule has 8 aromatic carbocycles. The van der Waals surface area contributed by atoms with Gasteiger partial charge >= 0.3 is 0 Å². The molecule has 0 unspecified atom stereocenters. The fraction of sp³-hybridized carbons (Fsp3) is 0.0714. The Morgan fingerprint density at radius 3 is 1.14 bits per heavy atom. The highest BCUT2D eigenvalue weighted by atomic mass is 19.1. The van der Waals surface area contributed by atoms with Crippen molar-refractivity contribution in [1.82, 2.24) is 18.3 Å². The monoisotopic (exact) mass is 852 g/mol. The lowest BCUT2D eigenvalue weighted by molar-refractivity contribution is 0.629. The Morgan fingerprint density at radius 2 is 0.677 bits per heavy atom. The highest BCUT2D eigenvalue weighted by Crippen LogP contribution is 2.31. The summed E-state index contributed by atoms with van der Waals surface area (Å²) in [6.07, 6.45) is 0. The molecule has 0 radical (unpaired) electrons. The van der Waals surface area contributed by atoms with Crippen molar-refractivity contribution in [2.24, 2.45) is 14.1 Å². The Bertz CT molecular complexity index is 3940. The van der Waals surface area contributed by atoms with Crippen molar-refractivity contribution in [3.05, 3.63) is 222 Å². The molecule has 65 heavy (non-hydrogen) atoms. The van der Waals surface area contributed by atoms with Crippen LogP contribution >= 0.6 is 0 Å². The fourth-order valence-corrected chi connectivity index (χ4v) is 9.42. The number of pyridine rings is 4. The van der Waals surface area contributed by atoms with E-state index in [-0.39, 0.29) is 29.1 Å². The molecule has 4 heterocycles. The van der Waals surface area contributed by atoms with E-state index in [0.717, 1.165) is 33.5 Å². The maximum absolute atomic E-state index is 13.8. The minimum atomic E-state index is -0.403. The Labute approximate surface area is 370 Å². The molecule has 8 nitrogen and oxygen atoms in total. The van der Waals surface area contributed by atoms with Crippen LogP contribution in [0.4, 0.5) is 4.39 Å². The summed E-state index contributed by atoms with van der Waals surface area (Å²) in [5.41, 5.74) is 8.29. The average Bonchev–Trinajstić information content (AvgIpc) is 3.33. The van der Waals surface area contributed by atoms with Gasteiger partial charge in [-0.05, 0) is 116 Å². The topological polar surface area (TPSA) is 88.0 Å². The molecule has 0 saturated carbocycles. The van der Waals surface area contributed by atoms with Crippen molar-refractivity contribution in [3.63, 3.8) is 0 Å². The minimum Gasteiger partial charge on any atom is -0.343 e. The standard InChI is InChI=1S/C32H20N2O2.C23H17FN2O2.CH4/c35-31-23-15-7-9-17-27(23)33(21-11-3-1-4-12-21)29-19-26-30(20-25(29)31)34(22-13-5-2-6-14-22)28-18-10-8-16-24(28)32(26)36;1-12-4-6-14-18(8-12)25(2)20-10-17-21(11-16(20)22(14)27)26(3)19-9-13(24)5-7-15(19)23(17)28;/h1-20H;4-11H,1-3H3;1H4. The molecule has 4 aromatic heterocycles. The first-order valence-electron chi connectivity index (χ1n) is 20.9. The number of aromatic nitrogens is 4. The molecule has 0 bridgehead atoms. The summed E-state index contributed by atoms with van der Waals surface area (Å²) in [6, 6.07) is 52.4. The van der Waals surface area contributed by atoms with Crippen LogP contribution in [0.3, 0.4) is 0 Å². The highest BCUT2D eigenvalue weighted by molar-refractivity contribution is 6.06. The zero-order valence-electron chi connectivity index (χ0n) is 35.0. The van der Waals surface area contributed by atoms with Crippen LogP contribution in [-0.2, 0) is 14.1 Å². The van der Waals surface area contributed by atoms with Crippen LogP contribution in [0.15, 0.2) is 189 Å². The third-order valence-electron chi connectivity index (χ3n) is 12.5. The van der Waals surface area contributed by atoms with Gasteiger partial charge in [-0.3, -0.25) is 19.2 Å². The summed E-state index contributed by atoms with van der Waals surface area (Å²) in [5.74, 6) is -0.403. The summed E-state index contributed by atoms with van der Waals surface area (Å²) < 4.78 is 21.6. The van der Waals surface area contributed by atoms with E-state index in [1.165, 1.54) is 18.2 Å². The van der Waals surface area contributed by atoms with Gasteiger partial charge in [-0.2, -0.15) is 0 Å². The maximum atomic E-state index is 13.8. The summed E-state index contributed by atoms with van der Waals surface area (Å²) in [7, 11) is 3.68. The lowest BCUT2D eigenvalue weighted by Crippen LogP contribution is -2.14. The summed E-state index contributed by atoms with van der Waals surface area (Å²) in [4.78, 5) is 53.9. The molecule has 9 heteroatoms. The highest BCUT2D eigenvalue weighted by Gasteiger charge is 2.19. The third kappa shape index (κ3) is 6.26. The van der Waals surface area contributed by atoms with E-state index in [1.54, 1.807) is 23.7 Å². The number of nitrogens with zero attached hydrogens (tertiary/aromatic N) is 4. The smallest absolute Gasteiger partial charge is 0.197 e. The molecule has 0 aliphatic rings.